The molecule has 0 atom stereocenters. The molecule has 0 aromatic rings. The standard InChI is InChI=1S/C3H7N3/c1-2-3-5-6-4/h2-3H,1H3,(H2,4,5)/b3-2-. The molecule has 0 saturated carbocycles. The van der Waals surface area contributed by atoms with Gasteiger partial charge in [-0.05, 0) is 6.92 Å². The van der Waals surface area contributed by atoms with E-state index in [0.717, 1.165) is 0 Å². The second-order valence-electron chi connectivity index (χ2n) is 0.713. The molecule has 0 aromatic heterocycles. The Morgan fingerprint density at radius 3 is 2.50 bits per heavy atom. The van der Waals surface area contributed by atoms with Crippen molar-refractivity contribution in [3.63, 3.8) is 0 Å². The van der Waals surface area contributed by atoms with Crippen LogP contribution in [0.3, 0.4) is 0 Å². The zero-order chi connectivity index (χ0) is 4.83. The van der Waals surface area contributed by atoms with Gasteiger partial charge in [-0.2, -0.15) is 0 Å². The highest BCUT2D eigenvalue weighted by Gasteiger charge is 1.49. The molecule has 0 unspecified atom stereocenters. The molecule has 0 spiro atoms. The monoisotopic (exact) mass is 85.1 g/mol. The summed E-state index contributed by atoms with van der Waals surface area (Å²) in [5.41, 5.74) is 0. The van der Waals surface area contributed by atoms with Crippen LogP contribution < -0.4 is 5.84 Å². The second-order valence-corrected chi connectivity index (χ2v) is 0.713. The van der Waals surface area contributed by atoms with Crippen molar-refractivity contribution < 1.29 is 0 Å². The molecule has 0 amide bonds. The fourth-order valence-corrected chi connectivity index (χ4v) is 0.105. The third kappa shape index (κ3) is 3.14. The Hall–Kier alpha value is -0.860. The molecule has 0 aromatic carbocycles. The number of nitrogens with two attached hydrogens (primary N) is 1. The molecule has 2 N–H and O–H groups in total. The minimum atomic E-state index is 1.51. The van der Waals surface area contributed by atoms with E-state index in [-0.39, 0.29) is 0 Å². The van der Waals surface area contributed by atoms with E-state index in [2.05, 4.69) is 16.2 Å². The van der Waals surface area contributed by atoms with Crippen molar-refractivity contribution in [1.29, 1.82) is 0 Å². The summed E-state index contributed by atoms with van der Waals surface area (Å²) in [7, 11) is 0. The van der Waals surface area contributed by atoms with E-state index in [1.807, 2.05) is 6.92 Å². The van der Waals surface area contributed by atoms with E-state index in [0.29, 0.717) is 0 Å². The Balaban J connectivity index is 3.07. The Morgan fingerprint density at radius 1 is 1.67 bits per heavy atom. The maximum Gasteiger partial charge on any atom is 0.0470 e. The predicted molar refractivity (Wildman–Crippen MR) is 23.9 cm³/mol. The van der Waals surface area contributed by atoms with Gasteiger partial charge in [0.25, 0.3) is 0 Å². The summed E-state index contributed by atoms with van der Waals surface area (Å²) in [6.07, 6.45) is 3.26. The van der Waals surface area contributed by atoms with Gasteiger partial charge in [0.1, 0.15) is 0 Å². The molecule has 0 saturated heterocycles. The topological polar surface area (TPSA) is 50.7 Å². The molecule has 0 aliphatic rings. The lowest BCUT2D eigenvalue weighted by atomic mass is 10.7. The SMILES string of the molecule is C/C=C\N=NN. The van der Waals surface area contributed by atoms with Gasteiger partial charge in [-0.1, -0.05) is 11.3 Å². The van der Waals surface area contributed by atoms with Crippen LogP contribution in [0.15, 0.2) is 22.6 Å². The van der Waals surface area contributed by atoms with Gasteiger partial charge in [0.2, 0.25) is 0 Å². The third-order valence-corrected chi connectivity index (χ3v) is 0.282. The highest BCUT2D eigenvalue weighted by Crippen LogP contribution is 1.68. The van der Waals surface area contributed by atoms with Gasteiger partial charge in [0.05, 0.1) is 0 Å². The maximum absolute atomic E-state index is 4.62. The Morgan fingerprint density at radius 2 is 2.33 bits per heavy atom. The molecule has 3 heteroatoms. The molecule has 0 aliphatic carbocycles. The zero-order valence-electron chi connectivity index (χ0n) is 3.63. The highest BCUT2D eigenvalue weighted by molar-refractivity contribution is 4.70. The molecule has 34 valence electrons. The minimum Gasteiger partial charge on any atom is -0.305 e. The smallest absolute Gasteiger partial charge is 0.0470 e. The summed E-state index contributed by atoms with van der Waals surface area (Å²) in [5.74, 6) is 4.62. The average molecular weight is 85.1 g/mol. The van der Waals surface area contributed by atoms with Crippen LogP contribution >= 0.6 is 0 Å². The third-order valence-electron chi connectivity index (χ3n) is 0.282. The van der Waals surface area contributed by atoms with E-state index in [1.165, 1.54) is 6.20 Å². The first kappa shape index (κ1) is 5.14. The molecule has 0 bridgehead atoms. The lowest BCUT2D eigenvalue weighted by Crippen LogP contribution is -1.70. The number of hydrogen-bond acceptors (Lipinski definition) is 2. The largest absolute Gasteiger partial charge is 0.305 e. The summed E-state index contributed by atoms with van der Waals surface area (Å²) in [6.45, 7) is 1.84. The van der Waals surface area contributed by atoms with Crippen LogP contribution in [0.25, 0.3) is 0 Å². The molecule has 0 heterocycles. The number of hydrogen-bond donors (Lipinski definition) is 1. The second kappa shape index (κ2) is 4.14. The van der Waals surface area contributed by atoms with Gasteiger partial charge >= 0.3 is 0 Å². The van der Waals surface area contributed by atoms with Gasteiger partial charge in [-0.25, -0.2) is 0 Å². The first-order valence-electron chi connectivity index (χ1n) is 1.63. The van der Waals surface area contributed by atoms with Gasteiger partial charge in [-0.15, -0.1) is 5.11 Å². The summed E-state index contributed by atoms with van der Waals surface area (Å²) in [6, 6.07) is 0. The lowest BCUT2D eigenvalue weighted by molar-refractivity contribution is 1.05. The maximum atomic E-state index is 4.62. The van der Waals surface area contributed by atoms with Crippen LogP contribution in [-0.4, -0.2) is 0 Å². The van der Waals surface area contributed by atoms with Crippen molar-refractivity contribution >= 4 is 0 Å². The predicted octanol–water partition coefficient (Wildman–Crippen LogP) is 0.846. The van der Waals surface area contributed by atoms with E-state index in [1.54, 1.807) is 6.08 Å². The van der Waals surface area contributed by atoms with Crippen molar-refractivity contribution in [3.8, 4) is 0 Å². The van der Waals surface area contributed by atoms with Crippen LogP contribution in [0, 0.1) is 0 Å². The Bertz CT molecular complexity index is 54.4. The fraction of sp³-hybridized carbons (Fsp3) is 0.333. The first-order chi connectivity index (χ1) is 2.91. The van der Waals surface area contributed by atoms with Crippen molar-refractivity contribution in [2.45, 2.75) is 6.92 Å². The first-order valence-corrected chi connectivity index (χ1v) is 1.63. The van der Waals surface area contributed by atoms with Crippen molar-refractivity contribution in [1.82, 2.24) is 0 Å². The molecule has 0 radical (unpaired) electrons. The van der Waals surface area contributed by atoms with E-state index in [4.69, 9.17) is 0 Å². The van der Waals surface area contributed by atoms with Gasteiger partial charge in [0, 0.05) is 6.20 Å². The summed E-state index contributed by atoms with van der Waals surface area (Å²) in [4.78, 5) is 0. The lowest BCUT2D eigenvalue weighted by Gasteiger charge is -1.63. The van der Waals surface area contributed by atoms with Crippen LogP contribution in [0.5, 0.6) is 0 Å². The van der Waals surface area contributed by atoms with Crippen molar-refractivity contribution in [2.24, 2.45) is 16.2 Å². The Labute approximate surface area is 36.5 Å². The zero-order valence-corrected chi connectivity index (χ0v) is 3.63. The van der Waals surface area contributed by atoms with E-state index in [9.17, 15) is 0 Å². The van der Waals surface area contributed by atoms with Crippen LogP contribution in [-0.2, 0) is 0 Å². The quantitative estimate of drug-likeness (QED) is 0.286. The normalized spacial score (nSPS) is 11.5. The number of allylic oxidation sites excluding steroid dienone is 1. The highest BCUT2D eigenvalue weighted by atomic mass is 15.3. The molecule has 0 rings (SSSR count). The minimum absolute atomic E-state index is 1.51. The van der Waals surface area contributed by atoms with Crippen LogP contribution in [0.4, 0.5) is 0 Å². The van der Waals surface area contributed by atoms with Crippen LogP contribution in [0.2, 0.25) is 0 Å². The molecular formula is C3H7N3. The van der Waals surface area contributed by atoms with Crippen molar-refractivity contribution in [3.05, 3.63) is 12.3 Å². The number of rotatable bonds is 1. The molecule has 0 fully saturated rings. The molecular weight excluding hydrogens is 78.1 g/mol. The molecule has 3 nitrogen and oxygen atoms in total. The molecule has 0 aliphatic heterocycles. The summed E-state index contributed by atoms with van der Waals surface area (Å²) < 4.78 is 0. The fourth-order valence-electron chi connectivity index (χ4n) is 0.105. The van der Waals surface area contributed by atoms with Gasteiger partial charge in [-0.3, -0.25) is 0 Å². The van der Waals surface area contributed by atoms with Crippen molar-refractivity contribution in [2.75, 3.05) is 0 Å². The summed E-state index contributed by atoms with van der Waals surface area (Å²) >= 11 is 0. The van der Waals surface area contributed by atoms with Gasteiger partial charge < -0.3 is 5.84 Å². The number of nitrogens with zero attached hydrogens (tertiary/aromatic N) is 2. The average Bonchev–Trinajstić information content (AvgIpc) is 1.61. The van der Waals surface area contributed by atoms with Crippen LogP contribution in [0.1, 0.15) is 6.92 Å². The van der Waals surface area contributed by atoms with E-state index < -0.39 is 0 Å². The summed E-state index contributed by atoms with van der Waals surface area (Å²) in [5, 5.41) is 6.28. The molecule has 6 heavy (non-hydrogen) atoms. The van der Waals surface area contributed by atoms with Gasteiger partial charge in [0.15, 0.2) is 0 Å². The van der Waals surface area contributed by atoms with E-state index >= 15 is 0 Å². The Kier molecular flexibility index (Phi) is 3.55.